The SMILES string of the molecule is C[C@H]1C[C@@H](C(=O)OC(C)(C)C)C[C@@H]1N. The van der Waals surface area contributed by atoms with Gasteiger partial charge in [-0.3, -0.25) is 4.79 Å². The van der Waals surface area contributed by atoms with E-state index in [1.807, 2.05) is 20.8 Å². The van der Waals surface area contributed by atoms with Gasteiger partial charge in [0.2, 0.25) is 0 Å². The van der Waals surface area contributed by atoms with E-state index < -0.39 is 0 Å². The van der Waals surface area contributed by atoms with Gasteiger partial charge in [0.05, 0.1) is 5.92 Å². The molecule has 0 bridgehead atoms. The maximum atomic E-state index is 11.7. The van der Waals surface area contributed by atoms with Crippen LogP contribution in [0.5, 0.6) is 0 Å². The van der Waals surface area contributed by atoms with E-state index in [0.29, 0.717) is 5.92 Å². The molecule has 0 spiro atoms. The van der Waals surface area contributed by atoms with Crippen molar-refractivity contribution in [3.05, 3.63) is 0 Å². The monoisotopic (exact) mass is 199 g/mol. The molecular weight excluding hydrogens is 178 g/mol. The van der Waals surface area contributed by atoms with Gasteiger partial charge in [0.1, 0.15) is 5.60 Å². The van der Waals surface area contributed by atoms with Crippen molar-refractivity contribution in [3.63, 3.8) is 0 Å². The molecule has 0 amide bonds. The van der Waals surface area contributed by atoms with E-state index in [4.69, 9.17) is 10.5 Å². The zero-order chi connectivity index (χ0) is 10.9. The molecule has 82 valence electrons. The van der Waals surface area contributed by atoms with Crippen LogP contribution in [-0.4, -0.2) is 17.6 Å². The van der Waals surface area contributed by atoms with Crippen molar-refractivity contribution in [3.8, 4) is 0 Å². The van der Waals surface area contributed by atoms with E-state index in [9.17, 15) is 4.79 Å². The van der Waals surface area contributed by atoms with Gasteiger partial charge in [0.25, 0.3) is 0 Å². The minimum absolute atomic E-state index is 0.0132. The minimum Gasteiger partial charge on any atom is -0.460 e. The molecular formula is C11H21NO2. The summed E-state index contributed by atoms with van der Waals surface area (Å²) in [5.74, 6) is 0.365. The Morgan fingerprint density at radius 2 is 1.93 bits per heavy atom. The van der Waals surface area contributed by atoms with Crippen LogP contribution in [0.15, 0.2) is 0 Å². The predicted molar refractivity (Wildman–Crippen MR) is 55.7 cm³/mol. The standard InChI is InChI=1S/C11H21NO2/c1-7-5-8(6-9(7)12)10(13)14-11(2,3)4/h7-9H,5-6,12H2,1-4H3/t7-,8+,9-/m0/s1. The molecule has 1 fully saturated rings. The zero-order valence-corrected chi connectivity index (χ0v) is 9.54. The van der Waals surface area contributed by atoms with Gasteiger partial charge in [-0.25, -0.2) is 0 Å². The Morgan fingerprint density at radius 3 is 2.29 bits per heavy atom. The van der Waals surface area contributed by atoms with Gasteiger partial charge in [-0.05, 0) is 39.5 Å². The highest BCUT2D eigenvalue weighted by molar-refractivity contribution is 5.73. The molecule has 1 rings (SSSR count). The van der Waals surface area contributed by atoms with E-state index >= 15 is 0 Å². The lowest BCUT2D eigenvalue weighted by molar-refractivity contribution is -0.159. The molecule has 1 aliphatic rings. The molecule has 0 heterocycles. The normalized spacial score (nSPS) is 33.1. The predicted octanol–water partition coefficient (Wildman–Crippen LogP) is 1.70. The topological polar surface area (TPSA) is 52.3 Å². The van der Waals surface area contributed by atoms with Crippen LogP contribution in [-0.2, 0) is 9.53 Å². The van der Waals surface area contributed by atoms with E-state index in [1.165, 1.54) is 0 Å². The quantitative estimate of drug-likeness (QED) is 0.654. The van der Waals surface area contributed by atoms with Crippen LogP contribution in [0.2, 0.25) is 0 Å². The number of carbonyl (C=O) groups is 1. The van der Waals surface area contributed by atoms with E-state index in [1.54, 1.807) is 0 Å². The summed E-state index contributed by atoms with van der Waals surface area (Å²) in [5, 5.41) is 0. The molecule has 0 aromatic heterocycles. The molecule has 1 saturated carbocycles. The number of hydrogen-bond acceptors (Lipinski definition) is 3. The van der Waals surface area contributed by atoms with Crippen molar-refractivity contribution < 1.29 is 9.53 Å². The highest BCUT2D eigenvalue weighted by Gasteiger charge is 2.35. The van der Waals surface area contributed by atoms with Gasteiger partial charge in [-0.2, -0.15) is 0 Å². The number of hydrogen-bond donors (Lipinski definition) is 1. The second kappa shape index (κ2) is 3.89. The summed E-state index contributed by atoms with van der Waals surface area (Å²) in [4.78, 5) is 11.7. The first-order valence-electron chi connectivity index (χ1n) is 5.28. The molecule has 0 aliphatic heterocycles. The van der Waals surface area contributed by atoms with Crippen LogP contribution >= 0.6 is 0 Å². The van der Waals surface area contributed by atoms with Crippen LogP contribution in [0.25, 0.3) is 0 Å². The van der Waals surface area contributed by atoms with Gasteiger partial charge >= 0.3 is 5.97 Å². The summed E-state index contributed by atoms with van der Waals surface area (Å²) in [6, 6.07) is 0.160. The summed E-state index contributed by atoms with van der Waals surface area (Å²) in [6.45, 7) is 7.77. The summed E-state index contributed by atoms with van der Waals surface area (Å²) >= 11 is 0. The Hall–Kier alpha value is -0.570. The second-order valence-electron chi connectivity index (χ2n) is 5.34. The maximum absolute atomic E-state index is 11.7. The van der Waals surface area contributed by atoms with Crippen molar-refractivity contribution in [2.24, 2.45) is 17.6 Å². The van der Waals surface area contributed by atoms with Crippen LogP contribution in [0, 0.1) is 11.8 Å². The molecule has 1 aliphatic carbocycles. The number of esters is 1. The number of carbonyl (C=O) groups excluding carboxylic acids is 1. The zero-order valence-electron chi connectivity index (χ0n) is 9.54. The molecule has 0 aromatic rings. The summed E-state index contributed by atoms with van der Waals surface area (Å²) in [7, 11) is 0. The summed E-state index contributed by atoms with van der Waals surface area (Å²) in [6.07, 6.45) is 1.64. The third-order valence-corrected chi connectivity index (χ3v) is 2.68. The van der Waals surface area contributed by atoms with Crippen LogP contribution in [0.4, 0.5) is 0 Å². The number of rotatable bonds is 1. The highest BCUT2D eigenvalue weighted by atomic mass is 16.6. The van der Waals surface area contributed by atoms with E-state index in [-0.39, 0.29) is 23.5 Å². The van der Waals surface area contributed by atoms with Crippen molar-refractivity contribution >= 4 is 5.97 Å². The first-order valence-corrected chi connectivity index (χ1v) is 5.28. The molecule has 3 atom stereocenters. The van der Waals surface area contributed by atoms with Crippen LogP contribution in [0.3, 0.4) is 0 Å². The molecule has 2 N–H and O–H groups in total. The molecule has 0 aromatic carbocycles. The molecule has 14 heavy (non-hydrogen) atoms. The fourth-order valence-corrected chi connectivity index (χ4v) is 1.86. The molecule has 0 saturated heterocycles. The molecule has 3 nitrogen and oxygen atoms in total. The maximum Gasteiger partial charge on any atom is 0.309 e. The fraction of sp³-hybridized carbons (Fsp3) is 0.909. The third kappa shape index (κ3) is 2.98. The first-order chi connectivity index (χ1) is 6.29. The lowest BCUT2D eigenvalue weighted by atomic mass is 10.1. The largest absolute Gasteiger partial charge is 0.460 e. The fourth-order valence-electron chi connectivity index (χ4n) is 1.86. The van der Waals surface area contributed by atoms with E-state index in [2.05, 4.69) is 6.92 Å². The van der Waals surface area contributed by atoms with Crippen LogP contribution in [0.1, 0.15) is 40.5 Å². The van der Waals surface area contributed by atoms with Gasteiger partial charge < -0.3 is 10.5 Å². The number of nitrogens with two attached hydrogens (primary N) is 1. The van der Waals surface area contributed by atoms with Gasteiger partial charge in [-0.15, -0.1) is 0 Å². The second-order valence-corrected chi connectivity index (χ2v) is 5.34. The third-order valence-electron chi connectivity index (χ3n) is 2.68. The molecule has 0 radical (unpaired) electrons. The molecule has 0 unspecified atom stereocenters. The Labute approximate surface area is 86.0 Å². The van der Waals surface area contributed by atoms with E-state index in [0.717, 1.165) is 12.8 Å². The molecule has 3 heteroatoms. The Balaban J connectivity index is 2.48. The average Bonchev–Trinajstić information content (AvgIpc) is 2.28. The summed E-state index contributed by atoms with van der Waals surface area (Å²) in [5.41, 5.74) is 5.48. The first kappa shape index (κ1) is 11.5. The Morgan fingerprint density at radius 1 is 1.36 bits per heavy atom. The lowest BCUT2D eigenvalue weighted by Gasteiger charge is -2.21. The highest BCUT2D eigenvalue weighted by Crippen LogP contribution is 2.31. The average molecular weight is 199 g/mol. The van der Waals surface area contributed by atoms with Crippen molar-refractivity contribution in [1.29, 1.82) is 0 Å². The minimum atomic E-state index is -0.382. The van der Waals surface area contributed by atoms with Gasteiger partial charge in [-0.1, -0.05) is 6.92 Å². The van der Waals surface area contributed by atoms with Gasteiger partial charge in [0, 0.05) is 6.04 Å². The Kier molecular flexibility index (Phi) is 3.20. The smallest absolute Gasteiger partial charge is 0.309 e. The Bertz CT molecular complexity index is 210. The lowest BCUT2D eigenvalue weighted by Crippen LogP contribution is -2.28. The van der Waals surface area contributed by atoms with Crippen molar-refractivity contribution in [2.75, 3.05) is 0 Å². The van der Waals surface area contributed by atoms with Crippen molar-refractivity contribution in [1.82, 2.24) is 0 Å². The van der Waals surface area contributed by atoms with Gasteiger partial charge in [0.15, 0.2) is 0 Å². The van der Waals surface area contributed by atoms with Crippen molar-refractivity contribution in [2.45, 2.75) is 52.2 Å². The summed E-state index contributed by atoms with van der Waals surface area (Å²) < 4.78 is 5.32. The number of ether oxygens (including phenoxy) is 1. The van der Waals surface area contributed by atoms with Crippen LogP contribution < -0.4 is 5.73 Å².